The van der Waals surface area contributed by atoms with E-state index in [0.29, 0.717) is 23.0 Å². The minimum atomic E-state index is -0.928. The van der Waals surface area contributed by atoms with Gasteiger partial charge < -0.3 is 9.78 Å². The molecule has 2 heterocycles. The monoisotopic (exact) mass is 415 g/mol. The topological polar surface area (TPSA) is 120 Å². The number of hydroxylamine groups is 1. The fourth-order valence-electron chi connectivity index (χ4n) is 3.63. The van der Waals surface area contributed by atoms with Crippen molar-refractivity contribution in [2.24, 2.45) is 0 Å². The summed E-state index contributed by atoms with van der Waals surface area (Å²) in [7, 11) is 0. The molecule has 8 heteroatoms. The molecule has 31 heavy (non-hydrogen) atoms. The van der Waals surface area contributed by atoms with Gasteiger partial charge in [-0.3, -0.25) is 24.5 Å². The molecule has 0 fully saturated rings. The van der Waals surface area contributed by atoms with Gasteiger partial charge in [0.1, 0.15) is 6.29 Å². The molecular weight excluding hydrogens is 398 g/mol. The van der Waals surface area contributed by atoms with Gasteiger partial charge in [0, 0.05) is 29.1 Å². The SMILES string of the molecule is O=CC(Cc1c[nH]c2cc(C#CCC(=O)NO)ccc12)N1C(=O)c2ccccc2C1=O. The second kappa shape index (κ2) is 8.26. The number of fused-ring (bicyclic) bond motifs is 2. The lowest BCUT2D eigenvalue weighted by atomic mass is 10.0. The van der Waals surface area contributed by atoms with Crippen LogP contribution in [0, 0.1) is 11.8 Å². The predicted octanol–water partition coefficient (Wildman–Crippen LogP) is 1.82. The van der Waals surface area contributed by atoms with Crippen LogP contribution >= 0.6 is 0 Å². The van der Waals surface area contributed by atoms with Crippen LogP contribution < -0.4 is 5.48 Å². The van der Waals surface area contributed by atoms with Gasteiger partial charge in [0.05, 0.1) is 23.6 Å². The quantitative estimate of drug-likeness (QED) is 0.193. The average Bonchev–Trinajstić information content (AvgIpc) is 3.30. The maximum Gasteiger partial charge on any atom is 0.262 e. The van der Waals surface area contributed by atoms with Gasteiger partial charge in [-0.15, -0.1) is 0 Å². The summed E-state index contributed by atoms with van der Waals surface area (Å²) in [4.78, 5) is 52.4. The van der Waals surface area contributed by atoms with E-state index in [2.05, 4.69) is 16.8 Å². The van der Waals surface area contributed by atoms with Crippen molar-refractivity contribution in [2.75, 3.05) is 0 Å². The van der Waals surface area contributed by atoms with Gasteiger partial charge in [0.15, 0.2) is 0 Å². The summed E-state index contributed by atoms with van der Waals surface area (Å²) in [5.74, 6) is 3.96. The Bertz CT molecular complexity index is 1250. The predicted molar refractivity (Wildman–Crippen MR) is 110 cm³/mol. The summed E-state index contributed by atoms with van der Waals surface area (Å²) >= 11 is 0. The van der Waals surface area contributed by atoms with Gasteiger partial charge in [-0.2, -0.15) is 0 Å². The highest BCUT2D eigenvalue weighted by atomic mass is 16.5. The van der Waals surface area contributed by atoms with E-state index in [1.807, 2.05) is 6.07 Å². The molecule has 3 aromatic rings. The number of aromatic nitrogens is 1. The number of amides is 3. The second-order valence-corrected chi connectivity index (χ2v) is 7.02. The van der Waals surface area contributed by atoms with E-state index in [1.54, 1.807) is 42.6 Å². The van der Waals surface area contributed by atoms with Gasteiger partial charge in [0.25, 0.3) is 17.7 Å². The molecule has 1 aliphatic rings. The van der Waals surface area contributed by atoms with Crippen molar-refractivity contribution in [1.82, 2.24) is 15.4 Å². The number of H-pyrrole nitrogens is 1. The third-order valence-corrected chi connectivity index (χ3v) is 5.12. The summed E-state index contributed by atoms with van der Waals surface area (Å²) in [5, 5.41) is 9.32. The Kier molecular flexibility index (Phi) is 5.35. The van der Waals surface area contributed by atoms with E-state index in [0.717, 1.165) is 21.4 Å². The van der Waals surface area contributed by atoms with Crippen LogP contribution in [0.2, 0.25) is 0 Å². The molecule has 0 saturated heterocycles. The summed E-state index contributed by atoms with van der Waals surface area (Å²) < 4.78 is 0. The standard InChI is InChI=1S/C23H17N3O5/c27-13-16(26-22(29)18-5-1-2-6-19(18)23(26)30)11-15-12-24-20-10-14(8-9-17(15)20)4-3-7-21(28)25-31/h1-2,5-6,8-10,12-13,16,24,31H,7,11H2,(H,25,28). The number of rotatable bonds is 5. The first kappa shape index (κ1) is 20.1. The molecule has 1 aliphatic heterocycles. The van der Waals surface area contributed by atoms with Crippen molar-refractivity contribution in [3.8, 4) is 11.8 Å². The Morgan fingerprint density at radius 3 is 2.52 bits per heavy atom. The molecule has 3 amide bonds. The van der Waals surface area contributed by atoms with Crippen LogP contribution in [0.3, 0.4) is 0 Å². The lowest BCUT2D eigenvalue weighted by Gasteiger charge is -2.21. The second-order valence-electron chi connectivity index (χ2n) is 7.02. The summed E-state index contributed by atoms with van der Waals surface area (Å²) in [5.41, 5.74) is 4.33. The maximum absolute atomic E-state index is 12.7. The lowest BCUT2D eigenvalue weighted by Crippen LogP contribution is -2.42. The Hall–Kier alpha value is -4.22. The number of aromatic amines is 1. The van der Waals surface area contributed by atoms with Gasteiger partial charge in [-0.25, -0.2) is 5.48 Å². The van der Waals surface area contributed by atoms with Crippen LogP contribution in [0.15, 0.2) is 48.7 Å². The Morgan fingerprint density at radius 1 is 1.16 bits per heavy atom. The third kappa shape index (κ3) is 3.70. The van der Waals surface area contributed by atoms with E-state index in [4.69, 9.17) is 5.21 Å². The van der Waals surface area contributed by atoms with E-state index in [1.165, 1.54) is 5.48 Å². The van der Waals surface area contributed by atoms with Crippen molar-refractivity contribution in [3.63, 3.8) is 0 Å². The highest BCUT2D eigenvalue weighted by Crippen LogP contribution is 2.27. The highest BCUT2D eigenvalue weighted by molar-refractivity contribution is 6.22. The molecule has 1 unspecified atom stereocenters. The summed E-state index contributed by atoms with van der Waals surface area (Å²) in [6.07, 6.45) is 2.39. The zero-order chi connectivity index (χ0) is 22.0. The number of hydrogen-bond donors (Lipinski definition) is 3. The van der Waals surface area contributed by atoms with Crippen LogP contribution in [0.1, 0.15) is 38.3 Å². The molecule has 4 rings (SSSR count). The number of imide groups is 1. The number of carbonyl (C=O) groups excluding carboxylic acids is 4. The summed E-state index contributed by atoms with van der Waals surface area (Å²) in [6.45, 7) is 0. The number of nitrogens with one attached hydrogen (secondary N) is 2. The van der Waals surface area contributed by atoms with Crippen LogP contribution in [0.4, 0.5) is 0 Å². The number of hydrogen-bond acceptors (Lipinski definition) is 5. The van der Waals surface area contributed by atoms with Crippen molar-refractivity contribution in [1.29, 1.82) is 0 Å². The molecule has 0 spiro atoms. The van der Waals surface area contributed by atoms with Crippen LogP contribution in [0.25, 0.3) is 10.9 Å². The van der Waals surface area contributed by atoms with Crippen molar-refractivity contribution in [2.45, 2.75) is 18.9 Å². The first-order chi connectivity index (χ1) is 15.0. The number of carbonyl (C=O) groups is 4. The molecule has 0 bridgehead atoms. The van der Waals surface area contributed by atoms with Crippen molar-refractivity contribution >= 4 is 34.9 Å². The third-order valence-electron chi connectivity index (χ3n) is 5.12. The number of nitrogens with zero attached hydrogens (tertiary/aromatic N) is 1. The van der Waals surface area contributed by atoms with Crippen LogP contribution in [-0.4, -0.2) is 45.1 Å². The van der Waals surface area contributed by atoms with Gasteiger partial charge >= 0.3 is 0 Å². The molecule has 2 aromatic carbocycles. The Morgan fingerprint density at radius 2 is 1.87 bits per heavy atom. The van der Waals surface area contributed by atoms with Crippen molar-refractivity contribution in [3.05, 3.63) is 70.9 Å². The molecule has 154 valence electrons. The molecule has 0 aliphatic carbocycles. The summed E-state index contributed by atoms with van der Waals surface area (Å²) in [6, 6.07) is 11.0. The maximum atomic E-state index is 12.7. The van der Waals surface area contributed by atoms with E-state index >= 15 is 0 Å². The van der Waals surface area contributed by atoms with Crippen LogP contribution in [-0.2, 0) is 16.0 Å². The first-order valence-corrected chi connectivity index (χ1v) is 9.47. The number of benzene rings is 2. The van der Waals surface area contributed by atoms with Gasteiger partial charge in [0.2, 0.25) is 0 Å². The molecule has 0 radical (unpaired) electrons. The van der Waals surface area contributed by atoms with Crippen molar-refractivity contribution < 1.29 is 24.4 Å². The first-order valence-electron chi connectivity index (χ1n) is 9.47. The number of aldehydes is 1. The average molecular weight is 415 g/mol. The van der Waals surface area contributed by atoms with Gasteiger partial charge in [-0.05, 0) is 29.8 Å². The Labute approximate surface area is 176 Å². The molecule has 8 nitrogen and oxygen atoms in total. The Balaban J connectivity index is 1.57. The molecule has 1 aromatic heterocycles. The van der Waals surface area contributed by atoms with Crippen LogP contribution in [0.5, 0.6) is 0 Å². The minimum Gasteiger partial charge on any atom is -0.361 e. The zero-order valence-corrected chi connectivity index (χ0v) is 16.2. The largest absolute Gasteiger partial charge is 0.361 e. The van der Waals surface area contributed by atoms with E-state index in [-0.39, 0.29) is 12.8 Å². The van der Waals surface area contributed by atoms with E-state index < -0.39 is 23.8 Å². The molecule has 0 saturated carbocycles. The molecule has 1 atom stereocenters. The lowest BCUT2D eigenvalue weighted by molar-refractivity contribution is -0.128. The zero-order valence-electron chi connectivity index (χ0n) is 16.2. The highest BCUT2D eigenvalue weighted by Gasteiger charge is 2.39. The van der Waals surface area contributed by atoms with E-state index in [9.17, 15) is 19.2 Å². The fraction of sp³-hybridized carbons (Fsp3) is 0.130. The minimum absolute atomic E-state index is 0.133. The fourth-order valence-corrected chi connectivity index (χ4v) is 3.63. The molecular formula is C23H17N3O5. The smallest absolute Gasteiger partial charge is 0.262 e. The van der Waals surface area contributed by atoms with Gasteiger partial charge in [-0.1, -0.05) is 30.0 Å². The normalized spacial score (nSPS) is 13.5. The molecule has 3 N–H and O–H groups in total.